The van der Waals surface area contributed by atoms with Crippen LogP contribution in [0.3, 0.4) is 0 Å². The highest BCUT2D eigenvalue weighted by Crippen LogP contribution is 2.29. The first-order valence-electron chi connectivity index (χ1n) is 4.79. The van der Waals surface area contributed by atoms with Crippen LogP contribution in [0.1, 0.15) is 39.0 Å². The molecule has 0 saturated heterocycles. The standard InChI is InChI=1S/C8H15NO5S/c1-7(10)14-8(9-15(11,12)13)5-3-2-4-6-8/h9H,2-6H2,1H3,(H,11,12,13). The molecule has 0 aliphatic heterocycles. The van der Waals surface area contributed by atoms with Crippen molar-refractivity contribution in [1.29, 1.82) is 0 Å². The van der Waals surface area contributed by atoms with Crippen molar-refractivity contribution in [2.45, 2.75) is 44.8 Å². The molecule has 1 saturated carbocycles. The van der Waals surface area contributed by atoms with E-state index in [9.17, 15) is 13.2 Å². The predicted molar refractivity (Wildman–Crippen MR) is 52.3 cm³/mol. The van der Waals surface area contributed by atoms with E-state index in [2.05, 4.69) is 0 Å². The van der Waals surface area contributed by atoms with Crippen LogP contribution >= 0.6 is 0 Å². The number of ether oxygens (including phenoxy) is 1. The highest BCUT2D eigenvalue weighted by atomic mass is 32.2. The second-order valence-electron chi connectivity index (χ2n) is 3.73. The van der Waals surface area contributed by atoms with Gasteiger partial charge in [-0.2, -0.15) is 13.1 Å². The maximum Gasteiger partial charge on any atom is 0.336 e. The number of esters is 1. The number of hydrogen-bond donors (Lipinski definition) is 2. The van der Waals surface area contributed by atoms with Gasteiger partial charge in [0.1, 0.15) is 0 Å². The van der Waals surface area contributed by atoms with Gasteiger partial charge in [0.05, 0.1) is 0 Å². The molecule has 0 atom stereocenters. The van der Waals surface area contributed by atoms with Crippen molar-refractivity contribution >= 4 is 16.3 Å². The molecule has 6 nitrogen and oxygen atoms in total. The van der Waals surface area contributed by atoms with Gasteiger partial charge < -0.3 is 4.74 Å². The summed E-state index contributed by atoms with van der Waals surface area (Å²) in [4.78, 5) is 10.9. The van der Waals surface area contributed by atoms with Gasteiger partial charge in [-0.25, -0.2) is 0 Å². The smallest absolute Gasteiger partial charge is 0.336 e. The van der Waals surface area contributed by atoms with Crippen LogP contribution in [0.4, 0.5) is 0 Å². The monoisotopic (exact) mass is 237 g/mol. The predicted octanol–water partition coefficient (Wildman–Crippen LogP) is 0.602. The van der Waals surface area contributed by atoms with Gasteiger partial charge in [-0.3, -0.25) is 9.35 Å². The lowest BCUT2D eigenvalue weighted by atomic mass is 9.92. The van der Waals surface area contributed by atoms with Gasteiger partial charge in [0, 0.05) is 19.8 Å². The molecule has 1 rings (SSSR count). The lowest BCUT2D eigenvalue weighted by Gasteiger charge is -2.35. The van der Waals surface area contributed by atoms with Crippen LogP contribution in [0.2, 0.25) is 0 Å². The zero-order valence-electron chi connectivity index (χ0n) is 8.52. The molecule has 0 spiro atoms. The number of rotatable bonds is 3. The Morgan fingerprint density at radius 2 is 1.87 bits per heavy atom. The molecule has 1 aliphatic carbocycles. The molecule has 88 valence electrons. The zero-order valence-corrected chi connectivity index (χ0v) is 9.34. The quantitative estimate of drug-likeness (QED) is 0.426. The van der Waals surface area contributed by atoms with Gasteiger partial charge in [-0.1, -0.05) is 6.42 Å². The Morgan fingerprint density at radius 1 is 1.33 bits per heavy atom. The summed E-state index contributed by atoms with van der Waals surface area (Å²) in [6.07, 6.45) is 3.28. The minimum Gasteiger partial charge on any atom is -0.443 e. The van der Waals surface area contributed by atoms with E-state index in [1.54, 1.807) is 0 Å². The third kappa shape index (κ3) is 4.15. The van der Waals surface area contributed by atoms with Gasteiger partial charge in [0.2, 0.25) is 0 Å². The highest BCUT2D eigenvalue weighted by Gasteiger charge is 2.38. The van der Waals surface area contributed by atoms with Crippen molar-refractivity contribution in [2.24, 2.45) is 0 Å². The van der Waals surface area contributed by atoms with Crippen molar-refractivity contribution in [1.82, 2.24) is 4.72 Å². The summed E-state index contributed by atoms with van der Waals surface area (Å²) >= 11 is 0. The molecule has 1 aliphatic rings. The summed E-state index contributed by atoms with van der Waals surface area (Å²) in [5.74, 6) is -0.562. The van der Waals surface area contributed by atoms with Crippen molar-refractivity contribution in [3.63, 3.8) is 0 Å². The van der Waals surface area contributed by atoms with Gasteiger partial charge >= 0.3 is 16.3 Å². The van der Waals surface area contributed by atoms with Gasteiger partial charge in [0.15, 0.2) is 5.72 Å². The van der Waals surface area contributed by atoms with Gasteiger partial charge in [-0.15, -0.1) is 0 Å². The Kier molecular flexibility index (Phi) is 3.69. The number of hydrogen-bond acceptors (Lipinski definition) is 4. The molecule has 0 bridgehead atoms. The minimum absolute atomic E-state index is 0.395. The van der Waals surface area contributed by atoms with E-state index in [-0.39, 0.29) is 0 Å². The summed E-state index contributed by atoms with van der Waals surface area (Å²) in [5.41, 5.74) is -1.25. The highest BCUT2D eigenvalue weighted by molar-refractivity contribution is 7.83. The van der Waals surface area contributed by atoms with E-state index in [1.165, 1.54) is 6.92 Å². The molecule has 0 radical (unpaired) electrons. The van der Waals surface area contributed by atoms with Crippen LogP contribution in [0.15, 0.2) is 0 Å². The maximum absolute atomic E-state index is 10.9. The summed E-state index contributed by atoms with van der Waals surface area (Å²) in [7, 11) is -4.36. The largest absolute Gasteiger partial charge is 0.443 e. The molecule has 0 heterocycles. The maximum atomic E-state index is 10.9. The van der Waals surface area contributed by atoms with Crippen LogP contribution in [0, 0.1) is 0 Å². The van der Waals surface area contributed by atoms with E-state index < -0.39 is 22.0 Å². The second-order valence-corrected chi connectivity index (χ2v) is 4.88. The van der Waals surface area contributed by atoms with Crippen LogP contribution < -0.4 is 4.72 Å². The summed E-state index contributed by atoms with van der Waals surface area (Å²) in [6, 6.07) is 0. The van der Waals surface area contributed by atoms with E-state index >= 15 is 0 Å². The van der Waals surface area contributed by atoms with Crippen LogP contribution in [0.25, 0.3) is 0 Å². The van der Waals surface area contributed by atoms with E-state index in [0.29, 0.717) is 12.8 Å². The molecule has 2 N–H and O–H groups in total. The van der Waals surface area contributed by atoms with E-state index in [1.807, 2.05) is 4.72 Å². The zero-order chi connectivity index (χ0) is 11.5. The number of nitrogens with one attached hydrogen (secondary N) is 1. The number of carbonyl (C=O) groups excluding carboxylic acids is 1. The first-order chi connectivity index (χ1) is 6.83. The number of carbonyl (C=O) groups is 1. The Hall–Kier alpha value is -0.660. The Morgan fingerprint density at radius 3 is 2.27 bits per heavy atom. The molecule has 15 heavy (non-hydrogen) atoms. The van der Waals surface area contributed by atoms with Gasteiger partial charge in [-0.05, 0) is 12.8 Å². The fraction of sp³-hybridized carbons (Fsp3) is 0.875. The Bertz CT molecular complexity index is 331. The normalized spacial score (nSPS) is 20.9. The average molecular weight is 237 g/mol. The fourth-order valence-corrected chi connectivity index (χ4v) is 2.57. The molecule has 0 aromatic heterocycles. The van der Waals surface area contributed by atoms with E-state index in [0.717, 1.165) is 19.3 Å². The fourth-order valence-electron chi connectivity index (χ4n) is 1.86. The van der Waals surface area contributed by atoms with Crippen molar-refractivity contribution in [3.8, 4) is 0 Å². The average Bonchev–Trinajstić information content (AvgIpc) is 1.99. The van der Waals surface area contributed by atoms with Crippen LogP contribution in [-0.4, -0.2) is 24.7 Å². The second kappa shape index (κ2) is 4.46. The van der Waals surface area contributed by atoms with Crippen molar-refractivity contribution in [3.05, 3.63) is 0 Å². The van der Waals surface area contributed by atoms with Crippen LogP contribution in [-0.2, 0) is 19.8 Å². The lowest BCUT2D eigenvalue weighted by molar-refractivity contribution is -0.162. The molecule has 0 aromatic carbocycles. The molecule has 7 heteroatoms. The van der Waals surface area contributed by atoms with Gasteiger partial charge in [0.25, 0.3) is 0 Å². The summed E-state index contributed by atoms with van der Waals surface area (Å²) in [5, 5.41) is 0. The SMILES string of the molecule is CC(=O)OC1(NS(=O)(=O)O)CCCCC1. The topological polar surface area (TPSA) is 92.7 Å². The Labute approximate surface area is 88.9 Å². The molecule has 0 aromatic rings. The lowest BCUT2D eigenvalue weighted by Crippen LogP contribution is -2.52. The third-order valence-corrected chi connectivity index (χ3v) is 2.95. The summed E-state index contributed by atoms with van der Waals surface area (Å²) in [6.45, 7) is 1.21. The molecular formula is C8H15NO5S. The molecule has 0 amide bonds. The van der Waals surface area contributed by atoms with Crippen molar-refractivity contribution < 1.29 is 22.5 Å². The van der Waals surface area contributed by atoms with Crippen LogP contribution in [0.5, 0.6) is 0 Å². The van der Waals surface area contributed by atoms with E-state index in [4.69, 9.17) is 9.29 Å². The summed E-state index contributed by atoms with van der Waals surface area (Å²) < 4.78 is 37.1. The first kappa shape index (κ1) is 12.4. The van der Waals surface area contributed by atoms with Crippen molar-refractivity contribution in [2.75, 3.05) is 0 Å². The minimum atomic E-state index is -4.36. The third-order valence-electron chi connectivity index (χ3n) is 2.32. The molecule has 1 fully saturated rings. The molecular weight excluding hydrogens is 222 g/mol. The molecule has 0 unspecified atom stereocenters. The first-order valence-corrected chi connectivity index (χ1v) is 6.23. The Balaban J connectivity index is 2.79.